The van der Waals surface area contributed by atoms with Crippen LogP contribution in [0.2, 0.25) is 0 Å². The molecular formula is C22H23NO5S2. The lowest BCUT2D eigenvalue weighted by Crippen LogP contribution is -2.17. The first-order valence-corrected chi connectivity index (χ1v) is 12.7. The summed E-state index contributed by atoms with van der Waals surface area (Å²) in [4.78, 5) is 0.371. The summed E-state index contributed by atoms with van der Waals surface area (Å²) in [5.41, 5.74) is 7.80. The maximum absolute atomic E-state index is 13.4. The largest absolute Gasteiger partial charge is 0.489 e. The zero-order valence-corrected chi connectivity index (χ0v) is 17.8. The second-order valence-corrected chi connectivity index (χ2v) is 11.3. The minimum absolute atomic E-state index is 0.0175. The molecular weight excluding hydrogens is 422 g/mol. The molecule has 4 rings (SSSR count). The van der Waals surface area contributed by atoms with Crippen LogP contribution in [0.5, 0.6) is 5.75 Å². The number of nitrogens with two attached hydrogens (primary N) is 1. The minimum atomic E-state index is -3.85. The van der Waals surface area contributed by atoms with Gasteiger partial charge in [0.1, 0.15) is 17.6 Å². The molecule has 1 aliphatic heterocycles. The van der Waals surface area contributed by atoms with E-state index in [1.54, 1.807) is 30.3 Å². The van der Waals surface area contributed by atoms with Gasteiger partial charge >= 0.3 is 0 Å². The third kappa shape index (κ3) is 3.73. The van der Waals surface area contributed by atoms with Gasteiger partial charge in [0.2, 0.25) is 0 Å². The Balaban J connectivity index is 1.78. The van der Waals surface area contributed by atoms with Crippen molar-refractivity contribution in [3.05, 3.63) is 89.5 Å². The minimum Gasteiger partial charge on any atom is -0.489 e. The fourth-order valence-electron chi connectivity index (χ4n) is 3.75. The third-order valence-electron chi connectivity index (χ3n) is 5.22. The predicted octanol–water partition coefficient (Wildman–Crippen LogP) is 4.36. The summed E-state index contributed by atoms with van der Waals surface area (Å²) >= 11 is 0. The van der Waals surface area contributed by atoms with Gasteiger partial charge in [-0.25, -0.2) is 8.42 Å². The topological polar surface area (TPSA) is 110 Å². The van der Waals surface area contributed by atoms with Crippen molar-refractivity contribution >= 4 is 20.4 Å². The zero-order chi connectivity index (χ0) is 21.4. The van der Waals surface area contributed by atoms with Crippen molar-refractivity contribution in [3.8, 4) is 5.75 Å². The maximum atomic E-state index is 13.4. The van der Waals surface area contributed by atoms with E-state index in [2.05, 4.69) is 0 Å². The van der Waals surface area contributed by atoms with Gasteiger partial charge in [-0.1, -0.05) is 48.5 Å². The second-order valence-electron chi connectivity index (χ2n) is 7.11. The van der Waals surface area contributed by atoms with E-state index >= 15 is 0 Å². The Labute approximate surface area is 177 Å². The molecule has 0 fully saturated rings. The number of rotatable bonds is 6. The molecule has 6 nitrogen and oxygen atoms in total. The summed E-state index contributed by atoms with van der Waals surface area (Å²) in [5.74, 6) is 0.166. The summed E-state index contributed by atoms with van der Waals surface area (Å²) in [7, 11) is -7.10. The van der Waals surface area contributed by atoms with Gasteiger partial charge in [0.15, 0.2) is 9.84 Å². The lowest BCUT2D eigenvalue weighted by Gasteiger charge is -2.27. The highest BCUT2D eigenvalue weighted by Crippen LogP contribution is 2.62. The van der Waals surface area contributed by atoms with E-state index in [1.807, 2.05) is 30.3 Å². The number of fused-ring (bicyclic) bond motifs is 1. The quantitative estimate of drug-likeness (QED) is 0.520. The van der Waals surface area contributed by atoms with Crippen LogP contribution in [-0.4, -0.2) is 23.3 Å². The van der Waals surface area contributed by atoms with Gasteiger partial charge in [-0.2, -0.15) is 10.6 Å². The van der Waals surface area contributed by atoms with Crippen molar-refractivity contribution in [1.82, 2.24) is 0 Å². The van der Waals surface area contributed by atoms with Gasteiger partial charge in [-0.3, -0.25) is 9.11 Å². The Morgan fingerprint density at radius 2 is 1.60 bits per heavy atom. The summed E-state index contributed by atoms with van der Waals surface area (Å²) in [6.07, 6.45) is 0. The van der Waals surface area contributed by atoms with Crippen molar-refractivity contribution in [2.45, 2.75) is 28.2 Å². The molecule has 0 spiro atoms. The molecule has 0 bridgehead atoms. The van der Waals surface area contributed by atoms with Crippen molar-refractivity contribution in [1.29, 1.82) is 0 Å². The normalized spacial score (nSPS) is 18.6. The van der Waals surface area contributed by atoms with Crippen molar-refractivity contribution in [2.24, 2.45) is 5.73 Å². The predicted molar refractivity (Wildman–Crippen MR) is 117 cm³/mol. The summed E-state index contributed by atoms with van der Waals surface area (Å²) in [6, 6.07) is 20.8. The molecule has 4 N–H and O–H groups in total. The Hall–Kier alpha value is -2.36. The standard InChI is InChI=1S/C22H23NO5S2/c23-13-18-19(28-14-16-7-3-1-4-8-16)11-12-20-22(18)21(15-29(20,24)25)30(26,27)17-9-5-2-6-10-17/h1-12,21,24-25H,13-15,23H2. The highest BCUT2D eigenvalue weighted by atomic mass is 32.3. The Kier molecular flexibility index (Phi) is 5.61. The third-order valence-corrected chi connectivity index (χ3v) is 9.37. The molecule has 0 saturated heterocycles. The van der Waals surface area contributed by atoms with Gasteiger partial charge in [0, 0.05) is 17.7 Å². The van der Waals surface area contributed by atoms with E-state index in [9.17, 15) is 17.5 Å². The average molecular weight is 446 g/mol. The van der Waals surface area contributed by atoms with E-state index in [0.29, 0.717) is 23.5 Å². The van der Waals surface area contributed by atoms with E-state index < -0.39 is 25.7 Å². The Morgan fingerprint density at radius 3 is 2.23 bits per heavy atom. The zero-order valence-electron chi connectivity index (χ0n) is 16.1. The summed E-state index contributed by atoms with van der Waals surface area (Å²) in [6.45, 7) is 0.308. The lowest BCUT2D eigenvalue weighted by molar-refractivity contribution is 0.302. The molecule has 0 amide bonds. The van der Waals surface area contributed by atoms with Crippen LogP contribution in [0.15, 0.2) is 82.6 Å². The molecule has 0 radical (unpaired) electrons. The van der Waals surface area contributed by atoms with E-state index in [1.165, 1.54) is 12.1 Å². The maximum Gasteiger partial charge on any atom is 0.187 e. The molecule has 8 heteroatoms. The van der Waals surface area contributed by atoms with Crippen LogP contribution in [0.4, 0.5) is 0 Å². The highest BCUT2D eigenvalue weighted by Gasteiger charge is 2.45. The van der Waals surface area contributed by atoms with Gasteiger partial charge < -0.3 is 10.5 Å². The molecule has 1 atom stereocenters. The van der Waals surface area contributed by atoms with Crippen LogP contribution in [0.3, 0.4) is 0 Å². The van der Waals surface area contributed by atoms with Crippen molar-refractivity contribution in [2.75, 3.05) is 5.75 Å². The average Bonchev–Trinajstić information content (AvgIpc) is 3.05. The number of sulfone groups is 1. The highest BCUT2D eigenvalue weighted by molar-refractivity contribution is 8.25. The number of hydrogen-bond donors (Lipinski definition) is 3. The van der Waals surface area contributed by atoms with Crippen molar-refractivity contribution in [3.63, 3.8) is 0 Å². The van der Waals surface area contributed by atoms with Crippen LogP contribution in [0.25, 0.3) is 0 Å². The van der Waals surface area contributed by atoms with Gasteiger partial charge in [0.25, 0.3) is 0 Å². The Bertz CT molecular complexity index is 1150. The molecule has 1 unspecified atom stereocenters. The van der Waals surface area contributed by atoms with Crippen LogP contribution < -0.4 is 10.5 Å². The summed E-state index contributed by atoms with van der Waals surface area (Å²) in [5, 5.41) is -1.10. The number of benzene rings is 3. The van der Waals surface area contributed by atoms with E-state index in [-0.39, 0.29) is 22.1 Å². The summed E-state index contributed by atoms with van der Waals surface area (Å²) < 4.78 is 53.9. The SMILES string of the molecule is NCc1c(OCc2ccccc2)ccc2c1C(S(=O)(=O)c1ccccc1)CS2(O)O. The molecule has 30 heavy (non-hydrogen) atoms. The smallest absolute Gasteiger partial charge is 0.187 e. The van der Waals surface area contributed by atoms with Crippen LogP contribution in [-0.2, 0) is 23.0 Å². The fraction of sp³-hybridized carbons (Fsp3) is 0.182. The molecule has 0 saturated carbocycles. The second kappa shape index (κ2) is 8.05. The van der Waals surface area contributed by atoms with Gasteiger partial charge in [-0.05, 0) is 29.8 Å². The first-order chi connectivity index (χ1) is 14.3. The lowest BCUT2D eigenvalue weighted by atomic mass is 10.0. The first kappa shape index (κ1) is 20.9. The monoisotopic (exact) mass is 445 g/mol. The molecule has 3 aromatic rings. The van der Waals surface area contributed by atoms with Crippen molar-refractivity contribution < 1.29 is 22.3 Å². The van der Waals surface area contributed by atoms with Crippen LogP contribution in [0.1, 0.15) is 21.9 Å². The molecule has 1 aliphatic rings. The number of ether oxygens (including phenoxy) is 1. The number of hydrogen-bond acceptors (Lipinski definition) is 6. The fourth-order valence-corrected chi connectivity index (χ4v) is 8.22. The molecule has 1 heterocycles. The van der Waals surface area contributed by atoms with Crippen LogP contribution in [0, 0.1) is 0 Å². The molecule has 3 aromatic carbocycles. The van der Waals surface area contributed by atoms with E-state index in [0.717, 1.165) is 5.56 Å². The molecule has 0 aliphatic carbocycles. The van der Waals surface area contributed by atoms with Gasteiger partial charge in [0.05, 0.1) is 15.5 Å². The molecule has 0 aromatic heterocycles. The first-order valence-electron chi connectivity index (χ1n) is 9.42. The van der Waals surface area contributed by atoms with E-state index in [4.69, 9.17) is 10.5 Å². The Morgan fingerprint density at radius 1 is 0.967 bits per heavy atom. The van der Waals surface area contributed by atoms with Crippen LogP contribution >= 0.6 is 10.6 Å². The van der Waals surface area contributed by atoms with Gasteiger partial charge in [-0.15, -0.1) is 0 Å². The molecule has 158 valence electrons.